The highest BCUT2D eigenvalue weighted by Crippen LogP contribution is 2.21. The minimum atomic E-state index is -0.101. The van der Waals surface area contributed by atoms with Gasteiger partial charge in [-0.05, 0) is 36.6 Å². The van der Waals surface area contributed by atoms with E-state index in [4.69, 9.17) is 0 Å². The topological polar surface area (TPSA) is 44.9 Å². The summed E-state index contributed by atoms with van der Waals surface area (Å²) in [4.78, 5) is 16.6. The highest BCUT2D eigenvalue weighted by molar-refractivity contribution is 7.98. The number of nitrogens with one attached hydrogen (secondary N) is 2. The van der Waals surface area contributed by atoms with Crippen molar-refractivity contribution < 1.29 is 4.79 Å². The van der Waals surface area contributed by atoms with Gasteiger partial charge < -0.3 is 10.3 Å². The second kappa shape index (κ2) is 5.43. The molecule has 3 nitrogen and oxygen atoms in total. The van der Waals surface area contributed by atoms with Crippen LogP contribution in [0.5, 0.6) is 0 Å². The summed E-state index contributed by atoms with van der Waals surface area (Å²) in [6.45, 7) is 0. The normalized spacial score (nSPS) is 10.7. The quantitative estimate of drug-likeness (QED) is 0.709. The Labute approximate surface area is 121 Å². The summed E-state index contributed by atoms with van der Waals surface area (Å²) in [7, 11) is 0. The lowest BCUT2D eigenvalue weighted by Crippen LogP contribution is -2.12. The Morgan fingerprint density at radius 2 is 2.00 bits per heavy atom. The van der Waals surface area contributed by atoms with Gasteiger partial charge in [-0.1, -0.05) is 18.2 Å². The van der Waals surface area contributed by atoms with Gasteiger partial charge in [0, 0.05) is 22.2 Å². The molecule has 0 atom stereocenters. The zero-order chi connectivity index (χ0) is 13.9. The largest absolute Gasteiger partial charge is 0.361 e. The molecule has 20 heavy (non-hydrogen) atoms. The molecule has 0 unspecified atom stereocenters. The van der Waals surface area contributed by atoms with E-state index >= 15 is 0 Å². The molecule has 0 aliphatic rings. The Morgan fingerprint density at radius 1 is 1.15 bits per heavy atom. The number of thioether (sulfide) groups is 1. The molecule has 1 aromatic heterocycles. The number of fused-ring (bicyclic) bond motifs is 1. The Balaban J connectivity index is 1.91. The number of rotatable bonds is 3. The monoisotopic (exact) mass is 282 g/mol. The summed E-state index contributed by atoms with van der Waals surface area (Å²) in [5.41, 5.74) is 2.33. The van der Waals surface area contributed by atoms with Crippen molar-refractivity contribution >= 4 is 34.3 Å². The molecule has 3 aromatic rings. The summed E-state index contributed by atoms with van der Waals surface area (Å²) in [5, 5.41) is 3.98. The average molecular weight is 282 g/mol. The summed E-state index contributed by atoms with van der Waals surface area (Å²) in [6, 6.07) is 15.5. The van der Waals surface area contributed by atoms with Crippen molar-refractivity contribution in [2.24, 2.45) is 0 Å². The molecule has 0 saturated carbocycles. The standard InChI is InChI=1S/C16H14N2OS/c1-20-13-6-3-5-12(10-13)18-16(19)14-7-2-4-11-8-9-17-15(11)14/h2-10,17H,1H3,(H,18,19). The molecule has 0 radical (unpaired) electrons. The van der Waals surface area contributed by atoms with Gasteiger partial charge in [0.1, 0.15) is 0 Å². The molecular weight excluding hydrogens is 268 g/mol. The summed E-state index contributed by atoms with van der Waals surface area (Å²) in [6.07, 6.45) is 3.86. The Bertz CT molecular complexity index is 764. The zero-order valence-corrected chi connectivity index (χ0v) is 11.8. The number of anilines is 1. The van der Waals surface area contributed by atoms with Crippen molar-refractivity contribution in [2.45, 2.75) is 4.90 Å². The van der Waals surface area contributed by atoms with E-state index in [2.05, 4.69) is 10.3 Å². The van der Waals surface area contributed by atoms with Crippen LogP contribution in [0.3, 0.4) is 0 Å². The first-order chi connectivity index (χ1) is 9.78. The van der Waals surface area contributed by atoms with Gasteiger partial charge in [0.2, 0.25) is 0 Å². The van der Waals surface area contributed by atoms with Crippen LogP contribution in [-0.4, -0.2) is 17.1 Å². The van der Waals surface area contributed by atoms with E-state index in [-0.39, 0.29) is 5.91 Å². The Kier molecular flexibility index (Phi) is 3.48. The first kappa shape index (κ1) is 12.8. The lowest BCUT2D eigenvalue weighted by Gasteiger charge is -2.07. The van der Waals surface area contributed by atoms with Crippen molar-refractivity contribution in [2.75, 3.05) is 11.6 Å². The molecule has 2 aromatic carbocycles. The number of carbonyl (C=O) groups excluding carboxylic acids is 1. The van der Waals surface area contributed by atoms with E-state index in [1.807, 2.05) is 61.0 Å². The molecule has 0 spiro atoms. The van der Waals surface area contributed by atoms with Gasteiger partial charge >= 0.3 is 0 Å². The van der Waals surface area contributed by atoms with E-state index in [0.717, 1.165) is 21.5 Å². The maximum absolute atomic E-state index is 12.4. The smallest absolute Gasteiger partial charge is 0.257 e. The number of hydrogen-bond acceptors (Lipinski definition) is 2. The number of para-hydroxylation sites is 1. The van der Waals surface area contributed by atoms with Crippen LogP contribution >= 0.6 is 11.8 Å². The van der Waals surface area contributed by atoms with Crippen LogP contribution in [0, 0.1) is 0 Å². The third-order valence-corrected chi connectivity index (χ3v) is 3.88. The third-order valence-electron chi connectivity index (χ3n) is 3.16. The summed E-state index contributed by atoms with van der Waals surface area (Å²) >= 11 is 1.65. The molecule has 100 valence electrons. The fourth-order valence-electron chi connectivity index (χ4n) is 2.17. The van der Waals surface area contributed by atoms with Crippen LogP contribution in [0.15, 0.2) is 59.6 Å². The molecule has 1 heterocycles. The molecule has 1 amide bonds. The van der Waals surface area contributed by atoms with Crippen molar-refractivity contribution in [3.8, 4) is 0 Å². The van der Waals surface area contributed by atoms with Gasteiger partial charge in [0.05, 0.1) is 11.1 Å². The lowest BCUT2D eigenvalue weighted by atomic mass is 10.1. The van der Waals surface area contributed by atoms with Crippen LogP contribution in [-0.2, 0) is 0 Å². The minimum absolute atomic E-state index is 0.101. The molecule has 0 saturated heterocycles. The van der Waals surface area contributed by atoms with E-state index < -0.39 is 0 Å². The fraction of sp³-hybridized carbons (Fsp3) is 0.0625. The SMILES string of the molecule is CSc1cccc(NC(=O)c2cccc3cc[nH]c23)c1. The van der Waals surface area contributed by atoms with Crippen molar-refractivity contribution in [1.82, 2.24) is 4.98 Å². The molecule has 3 rings (SSSR count). The number of aromatic nitrogens is 1. The number of benzene rings is 2. The van der Waals surface area contributed by atoms with Crippen LogP contribution in [0.1, 0.15) is 10.4 Å². The highest BCUT2D eigenvalue weighted by atomic mass is 32.2. The van der Waals surface area contributed by atoms with Crippen molar-refractivity contribution in [3.05, 3.63) is 60.3 Å². The second-order valence-corrected chi connectivity index (χ2v) is 5.31. The van der Waals surface area contributed by atoms with E-state index in [9.17, 15) is 4.79 Å². The van der Waals surface area contributed by atoms with E-state index in [1.54, 1.807) is 11.8 Å². The van der Waals surface area contributed by atoms with Crippen LogP contribution in [0.4, 0.5) is 5.69 Å². The minimum Gasteiger partial charge on any atom is -0.361 e. The number of hydrogen-bond donors (Lipinski definition) is 2. The molecule has 4 heteroatoms. The summed E-state index contributed by atoms with van der Waals surface area (Å²) < 4.78 is 0. The second-order valence-electron chi connectivity index (χ2n) is 4.43. The maximum Gasteiger partial charge on any atom is 0.257 e. The predicted molar refractivity (Wildman–Crippen MR) is 84.5 cm³/mol. The fourth-order valence-corrected chi connectivity index (χ4v) is 2.63. The molecule has 2 N–H and O–H groups in total. The molecule has 0 bridgehead atoms. The zero-order valence-electron chi connectivity index (χ0n) is 11.0. The third kappa shape index (κ3) is 2.42. The number of amides is 1. The first-order valence-electron chi connectivity index (χ1n) is 6.29. The van der Waals surface area contributed by atoms with Crippen LogP contribution in [0.2, 0.25) is 0 Å². The van der Waals surface area contributed by atoms with Gasteiger partial charge in [-0.2, -0.15) is 0 Å². The van der Waals surface area contributed by atoms with E-state index in [1.165, 1.54) is 0 Å². The van der Waals surface area contributed by atoms with Gasteiger partial charge in [-0.15, -0.1) is 11.8 Å². The lowest BCUT2D eigenvalue weighted by molar-refractivity contribution is 0.102. The van der Waals surface area contributed by atoms with Gasteiger partial charge in [-0.25, -0.2) is 0 Å². The van der Waals surface area contributed by atoms with Gasteiger partial charge in [0.25, 0.3) is 5.91 Å². The molecule has 0 aliphatic heterocycles. The number of aromatic amines is 1. The Morgan fingerprint density at radius 3 is 2.85 bits per heavy atom. The molecule has 0 fully saturated rings. The first-order valence-corrected chi connectivity index (χ1v) is 7.52. The average Bonchev–Trinajstić information content (AvgIpc) is 2.95. The molecule has 0 aliphatic carbocycles. The van der Waals surface area contributed by atoms with Crippen LogP contribution < -0.4 is 5.32 Å². The van der Waals surface area contributed by atoms with Gasteiger partial charge in [0.15, 0.2) is 0 Å². The predicted octanol–water partition coefficient (Wildman–Crippen LogP) is 4.14. The van der Waals surface area contributed by atoms with E-state index in [0.29, 0.717) is 5.56 Å². The Hall–Kier alpha value is -2.20. The summed E-state index contributed by atoms with van der Waals surface area (Å²) in [5.74, 6) is -0.101. The number of carbonyl (C=O) groups is 1. The highest BCUT2D eigenvalue weighted by Gasteiger charge is 2.10. The van der Waals surface area contributed by atoms with Crippen LogP contribution in [0.25, 0.3) is 10.9 Å². The van der Waals surface area contributed by atoms with Crippen molar-refractivity contribution in [3.63, 3.8) is 0 Å². The number of H-pyrrole nitrogens is 1. The maximum atomic E-state index is 12.4. The van der Waals surface area contributed by atoms with Gasteiger partial charge in [-0.3, -0.25) is 4.79 Å². The van der Waals surface area contributed by atoms with Crippen molar-refractivity contribution in [1.29, 1.82) is 0 Å². The molecular formula is C16H14N2OS.